The van der Waals surface area contributed by atoms with E-state index in [1.807, 2.05) is 24.3 Å². The maximum atomic E-state index is 13.4. The Bertz CT molecular complexity index is 586. The molecule has 0 aromatic heterocycles. The molecule has 0 saturated heterocycles. The number of ether oxygens (including phenoxy) is 2. The molecule has 0 aliphatic rings. The minimum Gasteiger partial charge on any atom is -0.497 e. The van der Waals surface area contributed by atoms with E-state index in [9.17, 15) is 4.39 Å². The predicted octanol–water partition coefficient (Wildman–Crippen LogP) is 4.37. The molecule has 4 heteroatoms. The molecule has 2 aromatic rings. The summed E-state index contributed by atoms with van der Waals surface area (Å²) in [6.07, 6.45) is 0.568. The highest BCUT2D eigenvalue weighted by molar-refractivity contribution is 6.21. The van der Waals surface area contributed by atoms with Crippen LogP contribution in [0.4, 0.5) is 4.39 Å². The van der Waals surface area contributed by atoms with Gasteiger partial charge in [0.1, 0.15) is 17.3 Å². The Hall–Kier alpha value is -1.74. The van der Waals surface area contributed by atoms with Gasteiger partial charge in [-0.3, -0.25) is 0 Å². The third-order valence-corrected chi connectivity index (χ3v) is 3.47. The molecular weight excluding hydrogens is 279 g/mol. The van der Waals surface area contributed by atoms with Crippen molar-refractivity contribution in [2.45, 2.75) is 11.8 Å². The number of methoxy groups -OCH3 is 2. The normalized spacial score (nSPS) is 12.0. The Morgan fingerprint density at radius 1 is 1.10 bits per heavy atom. The lowest BCUT2D eigenvalue weighted by Crippen LogP contribution is -2.00. The van der Waals surface area contributed by atoms with Crippen LogP contribution in [0.2, 0.25) is 0 Å². The summed E-state index contributed by atoms with van der Waals surface area (Å²) >= 11 is 6.40. The van der Waals surface area contributed by atoms with Gasteiger partial charge in [-0.15, -0.1) is 11.6 Å². The van der Waals surface area contributed by atoms with E-state index in [1.54, 1.807) is 20.3 Å². The molecule has 2 nitrogen and oxygen atoms in total. The second kappa shape index (κ2) is 6.62. The largest absolute Gasteiger partial charge is 0.497 e. The van der Waals surface area contributed by atoms with Crippen LogP contribution in [-0.4, -0.2) is 14.2 Å². The second-order valence-electron chi connectivity index (χ2n) is 4.41. The quantitative estimate of drug-likeness (QED) is 0.763. The van der Waals surface area contributed by atoms with Gasteiger partial charge in [0.25, 0.3) is 0 Å². The molecule has 0 heterocycles. The fourth-order valence-electron chi connectivity index (χ4n) is 2.07. The zero-order valence-corrected chi connectivity index (χ0v) is 12.2. The molecule has 0 bridgehead atoms. The lowest BCUT2D eigenvalue weighted by atomic mass is 10.0. The Labute approximate surface area is 123 Å². The molecule has 20 heavy (non-hydrogen) atoms. The molecule has 0 N–H and O–H groups in total. The van der Waals surface area contributed by atoms with E-state index in [0.717, 1.165) is 11.3 Å². The number of rotatable bonds is 5. The summed E-state index contributed by atoms with van der Waals surface area (Å²) in [5, 5.41) is -0.368. The van der Waals surface area contributed by atoms with Gasteiger partial charge in [0.05, 0.1) is 19.6 Å². The molecule has 0 fully saturated rings. The van der Waals surface area contributed by atoms with Crippen molar-refractivity contribution in [2.24, 2.45) is 0 Å². The van der Waals surface area contributed by atoms with Gasteiger partial charge in [0, 0.05) is 5.56 Å². The van der Waals surface area contributed by atoms with E-state index in [2.05, 4.69) is 0 Å². The highest BCUT2D eigenvalue weighted by Gasteiger charge is 2.15. The highest BCUT2D eigenvalue weighted by Crippen LogP contribution is 2.33. The van der Waals surface area contributed by atoms with E-state index in [4.69, 9.17) is 21.1 Å². The summed E-state index contributed by atoms with van der Waals surface area (Å²) < 4.78 is 23.8. The monoisotopic (exact) mass is 294 g/mol. The van der Waals surface area contributed by atoms with Crippen molar-refractivity contribution in [2.75, 3.05) is 14.2 Å². The standard InChI is InChI=1S/C16H16ClFO2/c1-19-13-5-3-4-11(8-13)9-15(17)14-10-12(18)6-7-16(14)20-2/h3-8,10,15H,9H2,1-2H3. The first kappa shape index (κ1) is 14.7. The van der Waals surface area contributed by atoms with Gasteiger partial charge in [0.15, 0.2) is 0 Å². The molecule has 0 aliphatic heterocycles. The molecule has 1 unspecified atom stereocenters. The summed E-state index contributed by atoms with van der Waals surface area (Å²) in [6.45, 7) is 0. The van der Waals surface area contributed by atoms with Crippen LogP contribution in [0.1, 0.15) is 16.5 Å². The third-order valence-electron chi connectivity index (χ3n) is 3.08. The van der Waals surface area contributed by atoms with Gasteiger partial charge >= 0.3 is 0 Å². The maximum absolute atomic E-state index is 13.4. The Morgan fingerprint density at radius 2 is 1.90 bits per heavy atom. The number of hydrogen-bond acceptors (Lipinski definition) is 2. The van der Waals surface area contributed by atoms with E-state index >= 15 is 0 Å². The molecule has 106 valence electrons. The first-order valence-electron chi connectivity index (χ1n) is 6.24. The van der Waals surface area contributed by atoms with Crippen molar-refractivity contribution in [1.29, 1.82) is 0 Å². The van der Waals surface area contributed by atoms with E-state index in [0.29, 0.717) is 17.7 Å². The summed E-state index contributed by atoms with van der Waals surface area (Å²) in [4.78, 5) is 0. The molecule has 0 radical (unpaired) electrons. The summed E-state index contributed by atoms with van der Waals surface area (Å²) in [6, 6.07) is 12.0. The summed E-state index contributed by atoms with van der Waals surface area (Å²) in [5.41, 5.74) is 1.67. The van der Waals surface area contributed by atoms with Crippen LogP contribution in [0.25, 0.3) is 0 Å². The number of hydrogen-bond donors (Lipinski definition) is 0. The predicted molar refractivity (Wildman–Crippen MR) is 78.2 cm³/mol. The zero-order valence-electron chi connectivity index (χ0n) is 11.4. The molecule has 0 aliphatic carbocycles. The molecule has 0 saturated carbocycles. The molecular formula is C16H16ClFO2. The van der Waals surface area contributed by atoms with Crippen LogP contribution in [0.3, 0.4) is 0 Å². The second-order valence-corrected chi connectivity index (χ2v) is 4.94. The smallest absolute Gasteiger partial charge is 0.123 e. The van der Waals surface area contributed by atoms with Gasteiger partial charge in [-0.05, 0) is 42.3 Å². The van der Waals surface area contributed by atoms with Crippen molar-refractivity contribution < 1.29 is 13.9 Å². The van der Waals surface area contributed by atoms with Crippen LogP contribution in [0.15, 0.2) is 42.5 Å². The molecule has 0 amide bonds. The van der Waals surface area contributed by atoms with Crippen LogP contribution in [-0.2, 0) is 6.42 Å². The van der Waals surface area contributed by atoms with Gasteiger partial charge in [-0.2, -0.15) is 0 Å². The molecule has 1 atom stereocenters. The van der Waals surface area contributed by atoms with Crippen molar-refractivity contribution in [3.05, 3.63) is 59.4 Å². The van der Waals surface area contributed by atoms with E-state index in [1.165, 1.54) is 12.1 Å². The Kier molecular flexibility index (Phi) is 4.85. The van der Waals surface area contributed by atoms with Gasteiger partial charge in [-0.1, -0.05) is 12.1 Å². The van der Waals surface area contributed by atoms with Crippen molar-refractivity contribution >= 4 is 11.6 Å². The Balaban J connectivity index is 2.23. The average molecular weight is 295 g/mol. The fourth-order valence-corrected chi connectivity index (χ4v) is 2.42. The van der Waals surface area contributed by atoms with Crippen LogP contribution in [0, 0.1) is 5.82 Å². The van der Waals surface area contributed by atoms with Gasteiger partial charge < -0.3 is 9.47 Å². The molecule has 2 rings (SSSR count). The first-order chi connectivity index (χ1) is 9.63. The SMILES string of the molecule is COc1cccc(CC(Cl)c2cc(F)ccc2OC)c1. The number of halogens is 2. The van der Waals surface area contributed by atoms with Crippen LogP contribution >= 0.6 is 11.6 Å². The average Bonchev–Trinajstić information content (AvgIpc) is 2.47. The summed E-state index contributed by atoms with van der Waals surface area (Å²) in [7, 11) is 3.17. The van der Waals surface area contributed by atoms with Crippen molar-refractivity contribution in [3.63, 3.8) is 0 Å². The lowest BCUT2D eigenvalue weighted by Gasteiger charge is -2.14. The fraction of sp³-hybridized carbons (Fsp3) is 0.250. The van der Waals surface area contributed by atoms with Crippen molar-refractivity contribution in [1.82, 2.24) is 0 Å². The molecule has 2 aromatic carbocycles. The topological polar surface area (TPSA) is 18.5 Å². The number of benzene rings is 2. The van der Waals surface area contributed by atoms with Crippen LogP contribution < -0.4 is 9.47 Å². The first-order valence-corrected chi connectivity index (χ1v) is 6.68. The minimum absolute atomic E-state index is 0.322. The zero-order chi connectivity index (χ0) is 14.5. The van der Waals surface area contributed by atoms with Crippen molar-refractivity contribution in [3.8, 4) is 11.5 Å². The van der Waals surface area contributed by atoms with E-state index in [-0.39, 0.29) is 11.2 Å². The molecule has 0 spiro atoms. The maximum Gasteiger partial charge on any atom is 0.123 e. The third kappa shape index (κ3) is 3.42. The number of alkyl halides is 1. The van der Waals surface area contributed by atoms with Gasteiger partial charge in [-0.25, -0.2) is 4.39 Å². The lowest BCUT2D eigenvalue weighted by molar-refractivity contribution is 0.407. The van der Waals surface area contributed by atoms with Crippen LogP contribution in [0.5, 0.6) is 11.5 Å². The Morgan fingerprint density at radius 3 is 2.60 bits per heavy atom. The summed E-state index contributed by atoms with van der Waals surface area (Å²) in [5.74, 6) is 1.05. The van der Waals surface area contributed by atoms with Gasteiger partial charge in [0.2, 0.25) is 0 Å². The highest BCUT2D eigenvalue weighted by atomic mass is 35.5. The minimum atomic E-state index is -0.368. The van der Waals surface area contributed by atoms with E-state index < -0.39 is 0 Å².